The molecule has 2 rings (SSSR count). The van der Waals surface area contributed by atoms with E-state index in [-0.39, 0.29) is 0 Å². The molecule has 0 saturated carbocycles. The maximum atomic E-state index is 5.90. The standard InChI is InChI=1S/C10H10ClNO2/c11-8-3-1-2-4-9(8)14-7-10-12-5-6-13-10/h1-4H,5-7H2. The lowest BCUT2D eigenvalue weighted by Gasteiger charge is -2.06. The van der Waals surface area contributed by atoms with Crippen molar-refractivity contribution in [1.82, 2.24) is 0 Å². The number of hydrogen-bond donors (Lipinski definition) is 0. The number of hydrogen-bond acceptors (Lipinski definition) is 3. The zero-order valence-electron chi connectivity index (χ0n) is 7.57. The molecule has 0 saturated heterocycles. The van der Waals surface area contributed by atoms with Gasteiger partial charge in [0.2, 0.25) is 5.90 Å². The first-order valence-electron chi connectivity index (χ1n) is 4.40. The highest BCUT2D eigenvalue weighted by molar-refractivity contribution is 6.32. The Hall–Kier alpha value is -1.22. The Morgan fingerprint density at radius 3 is 3.00 bits per heavy atom. The van der Waals surface area contributed by atoms with Gasteiger partial charge < -0.3 is 9.47 Å². The van der Waals surface area contributed by atoms with Gasteiger partial charge in [-0.1, -0.05) is 23.7 Å². The normalized spacial score (nSPS) is 14.8. The molecule has 0 aliphatic carbocycles. The van der Waals surface area contributed by atoms with Crippen LogP contribution >= 0.6 is 11.6 Å². The lowest BCUT2D eigenvalue weighted by Crippen LogP contribution is -2.11. The summed E-state index contributed by atoms with van der Waals surface area (Å²) in [5.41, 5.74) is 0. The number of nitrogens with zero attached hydrogens (tertiary/aromatic N) is 1. The molecule has 0 amide bonds. The van der Waals surface area contributed by atoms with Crippen LogP contribution in [0.3, 0.4) is 0 Å². The van der Waals surface area contributed by atoms with E-state index in [1.54, 1.807) is 6.07 Å². The van der Waals surface area contributed by atoms with E-state index in [1.807, 2.05) is 18.2 Å². The Balaban J connectivity index is 1.94. The van der Waals surface area contributed by atoms with E-state index in [0.29, 0.717) is 29.9 Å². The van der Waals surface area contributed by atoms with Gasteiger partial charge in [0, 0.05) is 0 Å². The highest BCUT2D eigenvalue weighted by Crippen LogP contribution is 2.23. The number of halogens is 1. The van der Waals surface area contributed by atoms with Gasteiger partial charge in [-0.15, -0.1) is 0 Å². The summed E-state index contributed by atoms with van der Waals surface area (Å²) in [7, 11) is 0. The molecule has 0 aromatic heterocycles. The third-order valence-electron chi connectivity index (χ3n) is 1.84. The highest BCUT2D eigenvalue weighted by Gasteiger charge is 2.08. The summed E-state index contributed by atoms with van der Waals surface area (Å²) in [5, 5.41) is 0.603. The van der Waals surface area contributed by atoms with Crippen LogP contribution in [0, 0.1) is 0 Å². The van der Waals surface area contributed by atoms with Gasteiger partial charge in [-0.2, -0.15) is 0 Å². The number of rotatable bonds is 3. The van der Waals surface area contributed by atoms with Crippen LogP contribution in [0.15, 0.2) is 29.3 Å². The monoisotopic (exact) mass is 211 g/mol. The molecule has 0 bridgehead atoms. The van der Waals surface area contributed by atoms with Gasteiger partial charge in [-0.05, 0) is 12.1 Å². The molecular weight excluding hydrogens is 202 g/mol. The fourth-order valence-electron chi connectivity index (χ4n) is 1.17. The second-order valence-corrected chi connectivity index (χ2v) is 3.25. The molecule has 0 radical (unpaired) electrons. The molecule has 0 N–H and O–H groups in total. The predicted molar refractivity (Wildman–Crippen MR) is 55.2 cm³/mol. The quantitative estimate of drug-likeness (QED) is 0.767. The number of ether oxygens (including phenoxy) is 2. The molecule has 14 heavy (non-hydrogen) atoms. The van der Waals surface area contributed by atoms with Crippen molar-refractivity contribution in [1.29, 1.82) is 0 Å². The van der Waals surface area contributed by atoms with Gasteiger partial charge in [-0.25, -0.2) is 4.99 Å². The Labute approximate surface area is 87.3 Å². The van der Waals surface area contributed by atoms with E-state index in [1.165, 1.54) is 0 Å². The zero-order valence-corrected chi connectivity index (χ0v) is 8.33. The molecule has 1 aromatic carbocycles. The molecule has 0 fully saturated rings. The number of aliphatic imine (C=N–C) groups is 1. The Morgan fingerprint density at radius 2 is 2.29 bits per heavy atom. The zero-order chi connectivity index (χ0) is 9.80. The van der Waals surface area contributed by atoms with Crippen LogP contribution < -0.4 is 4.74 Å². The van der Waals surface area contributed by atoms with Gasteiger partial charge >= 0.3 is 0 Å². The maximum Gasteiger partial charge on any atom is 0.222 e. The third kappa shape index (κ3) is 2.17. The third-order valence-corrected chi connectivity index (χ3v) is 2.15. The number of para-hydroxylation sites is 1. The second-order valence-electron chi connectivity index (χ2n) is 2.84. The Bertz CT molecular complexity index is 352. The van der Waals surface area contributed by atoms with Crippen molar-refractivity contribution >= 4 is 17.5 Å². The van der Waals surface area contributed by atoms with Gasteiger partial charge in [0.15, 0.2) is 6.61 Å². The molecule has 4 heteroatoms. The summed E-state index contributed by atoms with van der Waals surface area (Å²) in [5.74, 6) is 1.30. The summed E-state index contributed by atoms with van der Waals surface area (Å²) in [6.07, 6.45) is 0. The van der Waals surface area contributed by atoms with Crippen LogP contribution in [0.25, 0.3) is 0 Å². The van der Waals surface area contributed by atoms with Crippen molar-refractivity contribution in [3.8, 4) is 5.75 Å². The molecule has 1 aliphatic rings. The van der Waals surface area contributed by atoms with Crippen LogP contribution in [-0.2, 0) is 4.74 Å². The van der Waals surface area contributed by atoms with Crippen LogP contribution in [0.5, 0.6) is 5.75 Å². The molecule has 1 aromatic rings. The van der Waals surface area contributed by atoms with Crippen molar-refractivity contribution in [2.45, 2.75) is 0 Å². The highest BCUT2D eigenvalue weighted by atomic mass is 35.5. The van der Waals surface area contributed by atoms with Crippen LogP contribution in [0.1, 0.15) is 0 Å². The summed E-state index contributed by atoms with van der Waals surface area (Å²) < 4.78 is 10.6. The van der Waals surface area contributed by atoms with E-state index < -0.39 is 0 Å². The smallest absolute Gasteiger partial charge is 0.222 e. The minimum atomic E-state index is 0.351. The lowest BCUT2D eigenvalue weighted by atomic mass is 10.3. The van der Waals surface area contributed by atoms with Crippen LogP contribution in [-0.4, -0.2) is 25.7 Å². The molecule has 1 heterocycles. The van der Waals surface area contributed by atoms with Crippen molar-refractivity contribution in [2.75, 3.05) is 19.8 Å². The van der Waals surface area contributed by atoms with E-state index >= 15 is 0 Å². The van der Waals surface area contributed by atoms with Crippen molar-refractivity contribution in [3.05, 3.63) is 29.3 Å². The van der Waals surface area contributed by atoms with Crippen molar-refractivity contribution in [2.24, 2.45) is 4.99 Å². The topological polar surface area (TPSA) is 30.8 Å². The first kappa shape index (κ1) is 9.34. The maximum absolute atomic E-state index is 5.90. The average Bonchev–Trinajstić information content (AvgIpc) is 2.69. The van der Waals surface area contributed by atoms with E-state index in [2.05, 4.69) is 4.99 Å². The molecular formula is C10H10ClNO2. The Morgan fingerprint density at radius 1 is 1.43 bits per heavy atom. The molecule has 74 valence electrons. The summed E-state index contributed by atoms with van der Waals surface area (Å²) in [4.78, 5) is 4.11. The number of benzene rings is 1. The molecule has 0 atom stereocenters. The van der Waals surface area contributed by atoms with Gasteiger partial charge in [0.1, 0.15) is 12.4 Å². The van der Waals surface area contributed by atoms with Crippen LogP contribution in [0.2, 0.25) is 5.02 Å². The Kier molecular flexibility index (Phi) is 2.89. The fraction of sp³-hybridized carbons (Fsp3) is 0.300. The SMILES string of the molecule is Clc1ccccc1OCC1=NCCO1. The average molecular weight is 212 g/mol. The summed E-state index contributed by atoms with van der Waals surface area (Å²) >= 11 is 5.90. The predicted octanol–water partition coefficient (Wildman–Crippen LogP) is 2.15. The fourth-order valence-corrected chi connectivity index (χ4v) is 1.36. The van der Waals surface area contributed by atoms with Crippen molar-refractivity contribution in [3.63, 3.8) is 0 Å². The first-order valence-corrected chi connectivity index (χ1v) is 4.77. The molecule has 1 aliphatic heterocycles. The first-order chi connectivity index (χ1) is 6.86. The van der Waals surface area contributed by atoms with E-state index in [0.717, 1.165) is 6.54 Å². The molecule has 0 unspecified atom stereocenters. The molecule has 3 nitrogen and oxygen atoms in total. The minimum Gasteiger partial charge on any atom is -0.482 e. The van der Waals surface area contributed by atoms with E-state index in [4.69, 9.17) is 21.1 Å². The molecule has 0 spiro atoms. The van der Waals surface area contributed by atoms with Crippen molar-refractivity contribution < 1.29 is 9.47 Å². The summed E-state index contributed by atoms with van der Waals surface area (Å²) in [6, 6.07) is 7.34. The largest absolute Gasteiger partial charge is 0.482 e. The minimum absolute atomic E-state index is 0.351. The van der Waals surface area contributed by atoms with E-state index in [9.17, 15) is 0 Å². The summed E-state index contributed by atoms with van der Waals surface area (Å²) in [6.45, 7) is 1.73. The second kappa shape index (κ2) is 4.33. The van der Waals surface area contributed by atoms with Gasteiger partial charge in [0.25, 0.3) is 0 Å². The van der Waals surface area contributed by atoms with Gasteiger partial charge in [-0.3, -0.25) is 0 Å². The van der Waals surface area contributed by atoms with Crippen LogP contribution in [0.4, 0.5) is 0 Å². The lowest BCUT2D eigenvalue weighted by molar-refractivity contribution is 0.293. The van der Waals surface area contributed by atoms with Gasteiger partial charge in [0.05, 0.1) is 11.6 Å².